The minimum atomic E-state index is -0.241. The number of halogens is 2. The van der Waals surface area contributed by atoms with E-state index in [-0.39, 0.29) is 11.8 Å². The summed E-state index contributed by atoms with van der Waals surface area (Å²) >= 11 is 11.9. The molecule has 0 spiro atoms. The van der Waals surface area contributed by atoms with Crippen molar-refractivity contribution in [3.05, 3.63) is 58.1 Å². The van der Waals surface area contributed by atoms with Crippen molar-refractivity contribution in [2.45, 2.75) is 6.42 Å². The fraction of sp³-hybridized carbons (Fsp3) is 0.188. The van der Waals surface area contributed by atoms with Crippen molar-refractivity contribution >= 4 is 34.8 Å². The highest BCUT2D eigenvalue weighted by Crippen LogP contribution is 2.30. The van der Waals surface area contributed by atoms with E-state index in [0.29, 0.717) is 28.8 Å². The van der Waals surface area contributed by atoms with E-state index in [1.54, 1.807) is 30.3 Å². The summed E-state index contributed by atoms with van der Waals surface area (Å²) in [5.74, 6) is 0.476. The fourth-order valence-electron chi connectivity index (χ4n) is 2.34. The molecule has 1 aliphatic rings. The molecule has 0 saturated carbocycles. The predicted molar refractivity (Wildman–Crippen MR) is 84.2 cm³/mol. The first-order valence-electron chi connectivity index (χ1n) is 6.59. The Kier molecular flexibility index (Phi) is 4.04. The summed E-state index contributed by atoms with van der Waals surface area (Å²) in [6.45, 7) is 0.362. The lowest BCUT2D eigenvalue weighted by molar-refractivity contribution is -0.121. The van der Waals surface area contributed by atoms with Gasteiger partial charge in [0.2, 0.25) is 5.91 Å². The Morgan fingerprint density at radius 2 is 1.95 bits per heavy atom. The monoisotopic (exact) mass is 321 g/mol. The maximum atomic E-state index is 12.3. The Morgan fingerprint density at radius 1 is 1.14 bits per heavy atom. The van der Waals surface area contributed by atoms with Crippen LogP contribution in [0.1, 0.15) is 5.56 Å². The fourth-order valence-corrected chi connectivity index (χ4v) is 2.73. The van der Waals surface area contributed by atoms with Gasteiger partial charge >= 0.3 is 0 Å². The minimum absolute atomic E-state index is 0.0807. The van der Waals surface area contributed by atoms with Crippen LogP contribution < -0.4 is 10.1 Å². The molecule has 2 aromatic carbocycles. The third-order valence-electron chi connectivity index (χ3n) is 3.39. The highest BCUT2D eigenvalue weighted by atomic mass is 35.5. The zero-order chi connectivity index (χ0) is 14.8. The summed E-state index contributed by atoms with van der Waals surface area (Å²) in [7, 11) is 0. The molecule has 5 heteroatoms. The predicted octanol–water partition coefficient (Wildman–Crippen LogP) is 4.18. The molecule has 1 aliphatic heterocycles. The summed E-state index contributed by atoms with van der Waals surface area (Å²) in [6.07, 6.45) is 0.613. The van der Waals surface area contributed by atoms with Gasteiger partial charge in [-0.2, -0.15) is 0 Å². The molecule has 108 valence electrons. The van der Waals surface area contributed by atoms with Crippen LogP contribution in [-0.2, 0) is 11.2 Å². The van der Waals surface area contributed by atoms with Crippen molar-refractivity contribution in [2.75, 3.05) is 11.9 Å². The Hall–Kier alpha value is -1.71. The molecular formula is C16H13Cl2NO2. The number of ether oxygens (including phenoxy) is 1. The SMILES string of the molecule is O=C(Nc1cccc(Cl)c1)[C@H]1COc2ccc(Cl)cc2C1. The van der Waals surface area contributed by atoms with Gasteiger partial charge in [-0.3, -0.25) is 4.79 Å². The number of hydrogen-bond acceptors (Lipinski definition) is 2. The highest BCUT2D eigenvalue weighted by Gasteiger charge is 2.26. The third-order valence-corrected chi connectivity index (χ3v) is 3.86. The van der Waals surface area contributed by atoms with Crippen LogP contribution in [0.2, 0.25) is 10.0 Å². The summed E-state index contributed by atoms with van der Waals surface area (Å²) in [6, 6.07) is 12.5. The Labute approximate surface area is 132 Å². The lowest BCUT2D eigenvalue weighted by atomic mass is 9.96. The number of carbonyl (C=O) groups excluding carboxylic acids is 1. The van der Waals surface area contributed by atoms with Gasteiger partial charge < -0.3 is 10.1 Å². The van der Waals surface area contributed by atoms with Gasteiger partial charge in [-0.1, -0.05) is 29.3 Å². The molecule has 0 unspecified atom stereocenters. The average Bonchev–Trinajstić information content (AvgIpc) is 2.46. The summed E-state index contributed by atoms with van der Waals surface area (Å²) in [5.41, 5.74) is 1.64. The molecule has 3 rings (SSSR count). The maximum Gasteiger partial charge on any atom is 0.231 e. The normalized spacial score (nSPS) is 16.8. The van der Waals surface area contributed by atoms with Crippen LogP contribution in [0.5, 0.6) is 5.75 Å². The molecule has 1 heterocycles. The number of rotatable bonds is 2. The molecule has 0 bridgehead atoms. The summed E-state index contributed by atoms with van der Waals surface area (Å²) in [5, 5.41) is 4.10. The minimum Gasteiger partial charge on any atom is -0.492 e. The second kappa shape index (κ2) is 5.96. The van der Waals surface area contributed by atoms with Gasteiger partial charge in [0.15, 0.2) is 0 Å². The van der Waals surface area contributed by atoms with E-state index < -0.39 is 0 Å². The lowest BCUT2D eigenvalue weighted by Gasteiger charge is -2.24. The zero-order valence-corrected chi connectivity index (χ0v) is 12.6. The second-order valence-electron chi connectivity index (χ2n) is 4.96. The van der Waals surface area contributed by atoms with Crippen LogP contribution in [0.3, 0.4) is 0 Å². The van der Waals surface area contributed by atoms with Crippen molar-refractivity contribution in [1.82, 2.24) is 0 Å². The number of anilines is 1. The van der Waals surface area contributed by atoms with Gasteiger partial charge in [-0.05, 0) is 48.4 Å². The molecule has 0 aliphatic carbocycles. The molecule has 0 aromatic heterocycles. The number of benzene rings is 2. The number of fused-ring (bicyclic) bond motifs is 1. The molecule has 3 nitrogen and oxygen atoms in total. The third kappa shape index (κ3) is 3.31. The van der Waals surface area contributed by atoms with Gasteiger partial charge in [0.1, 0.15) is 12.4 Å². The molecule has 2 aromatic rings. The quantitative estimate of drug-likeness (QED) is 0.900. The molecule has 1 N–H and O–H groups in total. The van der Waals surface area contributed by atoms with Crippen LogP contribution >= 0.6 is 23.2 Å². The number of amides is 1. The van der Waals surface area contributed by atoms with E-state index in [0.717, 1.165) is 11.3 Å². The molecular weight excluding hydrogens is 309 g/mol. The number of carbonyl (C=O) groups is 1. The number of hydrogen-bond donors (Lipinski definition) is 1. The van der Waals surface area contributed by atoms with Gasteiger partial charge in [-0.15, -0.1) is 0 Å². The van der Waals surface area contributed by atoms with Crippen LogP contribution in [-0.4, -0.2) is 12.5 Å². The van der Waals surface area contributed by atoms with Crippen LogP contribution in [0, 0.1) is 5.92 Å². The van der Waals surface area contributed by atoms with Gasteiger partial charge in [0, 0.05) is 15.7 Å². The first-order chi connectivity index (χ1) is 10.1. The zero-order valence-electron chi connectivity index (χ0n) is 11.1. The lowest BCUT2D eigenvalue weighted by Crippen LogP contribution is -2.32. The summed E-state index contributed by atoms with van der Waals surface area (Å²) in [4.78, 5) is 12.3. The van der Waals surface area contributed by atoms with E-state index in [1.165, 1.54) is 0 Å². The standard InChI is InChI=1S/C16H13Cl2NO2/c17-12-2-1-3-14(8-12)19-16(20)11-6-10-7-13(18)4-5-15(10)21-9-11/h1-5,7-8,11H,6,9H2,(H,19,20)/t11-/m1/s1. The molecule has 0 saturated heterocycles. The van der Waals surface area contributed by atoms with E-state index >= 15 is 0 Å². The smallest absolute Gasteiger partial charge is 0.231 e. The largest absolute Gasteiger partial charge is 0.492 e. The van der Waals surface area contributed by atoms with Crippen molar-refractivity contribution < 1.29 is 9.53 Å². The second-order valence-corrected chi connectivity index (χ2v) is 5.84. The Morgan fingerprint density at radius 3 is 2.76 bits per heavy atom. The molecule has 21 heavy (non-hydrogen) atoms. The molecule has 1 atom stereocenters. The average molecular weight is 322 g/mol. The summed E-state index contributed by atoms with van der Waals surface area (Å²) < 4.78 is 5.63. The molecule has 0 fully saturated rings. The van der Waals surface area contributed by atoms with E-state index in [9.17, 15) is 4.79 Å². The number of nitrogens with one attached hydrogen (secondary N) is 1. The van der Waals surface area contributed by atoms with Gasteiger partial charge in [0.25, 0.3) is 0 Å². The highest BCUT2D eigenvalue weighted by molar-refractivity contribution is 6.31. The van der Waals surface area contributed by atoms with Gasteiger partial charge in [0.05, 0.1) is 5.92 Å². The Balaban J connectivity index is 1.72. The molecule has 1 amide bonds. The van der Waals surface area contributed by atoms with Crippen LogP contribution in [0.15, 0.2) is 42.5 Å². The van der Waals surface area contributed by atoms with Gasteiger partial charge in [-0.25, -0.2) is 0 Å². The van der Waals surface area contributed by atoms with Crippen molar-refractivity contribution in [2.24, 2.45) is 5.92 Å². The van der Waals surface area contributed by atoms with E-state index in [2.05, 4.69) is 5.32 Å². The van der Waals surface area contributed by atoms with E-state index in [4.69, 9.17) is 27.9 Å². The van der Waals surface area contributed by atoms with Crippen LogP contribution in [0.4, 0.5) is 5.69 Å². The maximum absolute atomic E-state index is 12.3. The van der Waals surface area contributed by atoms with Crippen LogP contribution in [0.25, 0.3) is 0 Å². The van der Waals surface area contributed by atoms with Crippen molar-refractivity contribution in [3.63, 3.8) is 0 Å². The van der Waals surface area contributed by atoms with Crippen molar-refractivity contribution in [1.29, 1.82) is 0 Å². The first-order valence-corrected chi connectivity index (χ1v) is 7.35. The Bertz CT molecular complexity index is 688. The van der Waals surface area contributed by atoms with Crippen molar-refractivity contribution in [3.8, 4) is 5.75 Å². The topological polar surface area (TPSA) is 38.3 Å². The first kappa shape index (κ1) is 14.2. The van der Waals surface area contributed by atoms with E-state index in [1.807, 2.05) is 12.1 Å². The molecule has 0 radical (unpaired) electrons.